The average molecular weight is 521 g/mol. The highest BCUT2D eigenvalue weighted by Gasteiger charge is 2.66. The monoisotopic (exact) mass is 520 g/mol. The molecule has 1 saturated heterocycles. The van der Waals surface area contributed by atoms with E-state index in [0.717, 1.165) is 12.8 Å². The Balaban J connectivity index is 1.38. The van der Waals surface area contributed by atoms with Gasteiger partial charge < -0.3 is 9.47 Å². The molecule has 0 aromatic rings. The number of carbonyl (C=O) groups is 2. The maximum absolute atomic E-state index is 14.1. The average Bonchev–Trinajstić information content (AvgIpc) is 3.06. The van der Waals surface area contributed by atoms with Crippen molar-refractivity contribution in [3.05, 3.63) is 0 Å². The van der Waals surface area contributed by atoms with E-state index in [1.807, 2.05) is 0 Å². The van der Waals surface area contributed by atoms with Gasteiger partial charge in [-0.1, -0.05) is 0 Å². The van der Waals surface area contributed by atoms with Crippen LogP contribution in [0.4, 0.5) is 26.3 Å². The van der Waals surface area contributed by atoms with E-state index in [-0.39, 0.29) is 27.8 Å². The molecular weight excluding hydrogens is 494 g/mol. The Kier molecular flexibility index (Phi) is 6.24. The van der Waals surface area contributed by atoms with Gasteiger partial charge in [-0.3, -0.25) is 0 Å². The lowest BCUT2D eigenvalue weighted by Gasteiger charge is -2.63. The highest BCUT2D eigenvalue weighted by Crippen LogP contribution is 2.71. The lowest BCUT2D eigenvalue weighted by atomic mass is 9.53. The van der Waals surface area contributed by atoms with E-state index >= 15 is 0 Å². The SMILES string of the molecule is CC(C)(F)C(=O)OC12CC3CC(C1)C1(SCC(COC(=O)C(F)(F)CC(F)(F)F)S1)C(C3)C2. The van der Waals surface area contributed by atoms with E-state index in [0.29, 0.717) is 30.9 Å². The fourth-order valence-electron chi connectivity index (χ4n) is 5.96. The van der Waals surface area contributed by atoms with Gasteiger partial charge in [0.2, 0.25) is 5.67 Å². The van der Waals surface area contributed by atoms with E-state index in [2.05, 4.69) is 4.74 Å². The second-order valence-corrected chi connectivity index (χ2v) is 13.4. The van der Waals surface area contributed by atoms with Crippen LogP contribution in [0.5, 0.6) is 0 Å². The number of esters is 2. The van der Waals surface area contributed by atoms with E-state index in [9.17, 15) is 35.9 Å². The standard InChI is InChI=1S/C21H26F6O4S2/c1-17(2,22)15(28)31-18-5-11-3-12(6-18)21(13(4-11)7-18)32-9-14(33-21)8-30-16(29)19(23,24)10-20(25,26)27/h11-14H,3-10H2,1-2H3. The number of halogens is 6. The highest BCUT2D eigenvalue weighted by atomic mass is 32.2. The van der Waals surface area contributed by atoms with Crippen molar-refractivity contribution >= 4 is 35.5 Å². The summed E-state index contributed by atoms with van der Waals surface area (Å²) in [6.07, 6.45) is -3.98. The third kappa shape index (κ3) is 4.97. The van der Waals surface area contributed by atoms with Crippen molar-refractivity contribution in [2.45, 2.75) is 85.1 Å². The summed E-state index contributed by atoms with van der Waals surface area (Å²) in [6.45, 7) is 1.96. The van der Waals surface area contributed by atoms with Gasteiger partial charge in [-0.25, -0.2) is 14.0 Å². The number of thioether (sulfide) groups is 2. The Morgan fingerprint density at radius 2 is 1.58 bits per heavy atom. The first-order chi connectivity index (χ1) is 15.0. The van der Waals surface area contributed by atoms with Crippen LogP contribution in [0, 0.1) is 17.8 Å². The fraction of sp³-hybridized carbons (Fsp3) is 0.905. The lowest BCUT2D eigenvalue weighted by molar-refractivity contribution is -0.208. The molecule has 0 amide bonds. The van der Waals surface area contributed by atoms with E-state index in [1.165, 1.54) is 13.8 Å². The Morgan fingerprint density at radius 3 is 2.12 bits per heavy atom. The second-order valence-electron chi connectivity index (χ2n) is 10.3. The molecule has 5 aliphatic rings. The summed E-state index contributed by atoms with van der Waals surface area (Å²) < 4.78 is 88.1. The molecule has 0 N–H and O–H groups in total. The summed E-state index contributed by atoms with van der Waals surface area (Å²) in [5.74, 6) is -6.42. The molecule has 4 saturated carbocycles. The van der Waals surface area contributed by atoms with Crippen molar-refractivity contribution in [3.8, 4) is 0 Å². The van der Waals surface area contributed by atoms with Crippen LogP contribution < -0.4 is 0 Å². The Morgan fingerprint density at radius 1 is 0.970 bits per heavy atom. The molecule has 188 valence electrons. The van der Waals surface area contributed by atoms with Crippen molar-refractivity contribution in [1.82, 2.24) is 0 Å². The molecule has 0 aromatic carbocycles. The molecule has 4 nitrogen and oxygen atoms in total. The topological polar surface area (TPSA) is 52.6 Å². The van der Waals surface area contributed by atoms with E-state index in [4.69, 9.17) is 4.74 Å². The number of hydrogen-bond acceptors (Lipinski definition) is 6. The van der Waals surface area contributed by atoms with Gasteiger partial charge in [0, 0.05) is 11.0 Å². The molecule has 4 bridgehead atoms. The van der Waals surface area contributed by atoms with Gasteiger partial charge in [0.15, 0.2) is 0 Å². The van der Waals surface area contributed by atoms with E-state index < -0.39 is 41.7 Å². The number of rotatable bonds is 6. The molecule has 12 heteroatoms. The van der Waals surface area contributed by atoms with Gasteiger partial charge in [-0.2, -0.15) is 22.0 Å². The third-order valence-electron chi connectivity index (χ3n) is 7.03. The van der Waals surface area contributed by atoms with Crippen LogP contribution in [0.1, 0.15) is 52.4 Å². The summed E-state index contributed by atoms with van der Waals surface area (Å²) in [5.41, 5.74) is -2.77. The van der Waals surface area contributed by atoms with Gasteiger partial charge in [0.25, 0.3) is 0 Å². The first-order valence-corrected chi connectivity index (χ1v) is 12.8. The molecule has 33 heavy (non-hydrogen) atoms. The lowest BCUT2D eigenvalue weighted by Crippen LogP contribution is -2.62. The Bertz CT molecular complexity index is 796. The predicted molar refractivity (Wildman–Crippen MR) is 111 cm³/mol. The van der Waals surface area contributed by atoms with Gasteiger partial charge >= 0.3 is 24.0 Å². The normalized spacial score (nSPS) is 38.1. The van der Waals surface area contributed by atoms with Crippen LogP contribution in [-0.4, -0.2) is 57.0 Å². The number of ether oxygens (including phenoxy) is 2. The van der Waals surface area contributed by atoms with Crippen LogP contribution in [0.15, 0.2) is 0 Å². The molecule has 3 unspecified atom stereocenters. The minimum absolute atomic E-state index is 0.168. The number of hydrogen-bond donors (Lipinski definition) is 0. The van der Waals surface area contributed by atoms with Gasteiger partial charge in [0.1, 0.15) is 18.6 Å². The van der Waals surface area contributed by atoms with E-state index in [1.54, 1.807) is 23.5 Å². The summed E-state index contributed by atoms with van der Waals surface area (Å²) >= 11 is 3.21. The zero-order valence-corrected chi connectivity index (χ0v) is 19.8. The van der Waals surface area contributed by atoms with Crippen molar-refractivity contribution < 1.29 is 45.4 Å². The first kappa shape index (κ1) is 25.3. The maximum atomic E-state index is 14.1. The molecule has 5 rings (SSSR count). The quantitative estimate of drug-likeness (QED) is 0.339. The Labute approximate surface area is 196 Å². The van der Waals surface area contributed by atoms with Crippen molar-refractivity contribution in [2.24, 2.45) is 17.8 Å². The van der Waals surface area contributed by atoms with Crippen LogP contribution in [-0.2, 0) is 19.1 Å². The summed E-state index contributed by atoms with van der Waals surface area (Å²) in [7, 11) is 0. The molecule has 1 heterocycles. The largest absolute Gasteiger partial charge is 0.460 e. The molecule has 0 radical (unpaired) electrons. The van der Waals surface area contributed by atoms with Crippen molar-refractivity contribution in [1.29, 1.82) is 0 Å². The minimum Gasteiger partial charge on any atom is -0.460 e. The molecular formula is C21H26F6O4S2. The number of carbonyl (C=O) groups excluding carboxylic acids is 2. The Hall–Kier alpha value is -0.780. The smallest absolute Gasteiger partial charge is 0.395 e. The van der Waals surface area contributed by atoms with Crippen molar-refractivity contribution in [2.75, 3.05) is 12.4 Å². The molecule has 3 atom stereocenters. The molecule has 1 aliphatic heterocycles. The zero-order chi connectivity index (χ0) is 24.4. The minimum atomic E-state index is -5.18. The fourth-order valence-corrected chi connectivity index (χ4v) is 10.1. The molecule has 5 fully saturated rings. The van der Waals surface area contributed by atoms with Crippen LogP contribution in [0.3, 0.4) is 0 Å². The summed E-state index contributed by atoms with van der Waals surface area (Å²) in [6, 6.07) is 0. The molecule has 4 aliphatic carbocycles. The van der Waals surface area contributed by atoms with Crippen molar-refractivity contribution in [3.63, 3.8) is 0 Å². The molecule has 1 spiro atoms. The highest BCUT2D eigenvalue weighted by molar-refractivity contribution is 8.21. The third-order valence-corrected chi connectivity index (χ3v) is 11.2. The number of alkyl halides is 6. The van der Waals surface area contributed by atoms with Crippen LogP contribution in [0.25, 0.3) is 0 Å². The van der Waals surface area contributed by atoms with Gasteiger partial charge in [0.05, 0.1) is 4.08 Å². The van der Waals surface area contributed by atoms with Gasteiger partial charge in [-0.15, -0.1) is 23.5 Å². The second kappa shape index (κ2) is 8.13. The predicted octanol–water partition coefficient (Wildman–Crippen LogP) is 5.53. The zero-order valence-electron chi connectivity index (χ0n) is 18.2. The first-order valence-electron chi connectivity index (χ1n) is 10.9. The van der Waals surface area contributed by atoms with Gasteiger partial charge in [-0.05, 0) is 63.7 Å². The summed E-state index contributed by atoms with van der Waals surface area (Å²) in [4.78, 5) is 23.8. The summed E-state index contributed by atoms with van der Waals surface area (Å²) in [5, 5.41) is -0.318. The van der Waals surface area contributed by atoms with Crippen LogP contribution in [0.2, 0.25) is 0 Å². The molecule has 0 aromatic heterocycles. The van der Waals surface area contributed by atoms with Crippen LogP contribution >= 0.6 is 23.5 Å². The maximum Gasteiger partial charge on any atom is 0.395 e.